The van der Waals surface area contributed by atoms with E-state index in [4.69, 9.17) is 14.2 Å². The molecule has 0 rings (SSSR count). The first-order valence-electron chi connectivity index (χ1n) is 5.96. The number of carbonyl (C=O) groups is 2. The van der Waals surface area contributed by atoms with Crippen molar-refractivity contribution in [1.82, 2.24) is 0 Å². The molecule has 0 aromatic heterocycles. The first kappa shape index (κ1) is 16.1. The monoisotopic (exact) mass is 246 g/mol. The van der Waals surface area contributed by atoms with Crippen LogP contribution in [-0.2, 0) is 23.8 Å². The van der Waals surface area contributed by atoms with Gasteiger partial charge in [-0.3, -0.25) is 9.59 Å². The highest BCUT2D eigenvalue weighted by atomic mass is 16.7. The molecule has 0 fully saturated rings. The van der Waals surface area contributed by atoms with Crippen molar-refractivity contribution in [3.63, 3.8) is 0 Å². The Morgan fingerprint density at radius 1 is 1.00 bits per heavy atom. The fourth-order valence-corrected chi connectivity index (χ4v) is 1.42. The predicted molar refractivity (Wildman–Crippen MR) is 62.5 cm³/mol. The third-order valence-corrected chi connectivity index (χ3v) is 2.20. The zero-order valence-electron chi connectivity index (χ0n) is 11.0. The summed E-state index contributed by atoms with van der Waals surface area (Å²) < 4.78 is 15.5. The Balaban J connectivity index is 4.48. The average Bonchev–Trinajstić information content (AvgIpc) is 2.26. The van der Waals surface area contributed by atoms with Crippen molar-refractivity contribution in [1.29, 1.82) is 0 Å². The molecule has 1 atom stereocenters. The number of hydrogen-bond donors (Lipinski definition) is 0. The molecule has 0 spiro atoms. The lowest BCUT2D eigenvalue weighted by Crippen LogP contribution is -2.31. The molecule has 0 saturated heterocycles. The third-order valence-electron chi connectivity index (χ3n) is 2.20. The van der Waals surface area contributed by atoms with E-state index >= 15 is 0 Å². The minimum absolute atomic E-state index is 0.204. The molecule has 5 heteroatoms. The Morgan fingerprint density at radius 2 is 1.53 bits per heavy atom. The Morgan fingerprint density at radius 3 is 1.88 bits per heavy atom. The maximum absolute atomic E-state index is 11.6. The van der Waals surface area contributed by atoms with Crippen LogP contribution in [0, 0.1) is 5.92 Å². The van der Waals surface area contributed by atoms with E-state index in [2.05, 4.69) is 0 Å². The maximum atomic E-state index is 11.6. The lowest BCUT2D eigenvalue weighted by Gasteiger charge is -2.20. The molecule has 0 amide bonds. The summed E-state index contributed by atoms with van der Waals surface area (Å²) in [5.74, 6) is -1.55. The van der Waals surface area contributed by atoms with Crippen molar-refractivity contribution in [2.75, 3.05) is 19.8 Å². The van der Waals surface area contributed by atoms with Gasteiger partial charge in [-0.25, -0.2) is 0 Å². The molecule has 0 aromatic rings. The van der Waals surface area contributed by atoms with Crippen molar-refractivity contribution in [3.8, 4) is 0 Å². The third kappa shape index (κ3) is 6.38. The van der Waals surface area contributed by atoms with Crippen LogP contribution in [0.25, 0.3) is 0 Å². The molecular formula is C12H22O5. The second kappa shape index (κ2) is 9.13. The summed E-state index contributed by atoms with van der Waals surface area (Å²) >= 11 is 0. The van der Waals surface area contributed by atoms with Crippen molar-refractivity contribution < 1.29 is 23.8 Å². The van der Waals surface area contributed by atoms with Gasteiger partial charge in [0, 0.05) is 19.6 Å². The topological polar surface area (TPSA) is 61.8 Å². The van der Waals surface area contributed by atoms with Crippen molar-refractivity contribution in [2.45, 2.75) is 40.4 Å². The van der Waals surface area contributed by atoms with Gasteiger partial charge >= 0.3 is 5.97 Å². The van der Waals surface area contributed by atoms with Gasteiger partial charge in [0.05, 0.1) is 6.61 Å². The molecule has 17 heavy (non-hydrogen) atoms. The summed E-state index contributed by atoms with van der Waals surface area (Å²) in [6, 6.07) is 0. The molecule has 0 aliphatic carbocycles. The molecule has 0 aliphatic rings. The Kier molecular flexibility index (Phi) is 8.62. The van der Waals surface area contributed by atoms with Crippen LogP contribution >= 0.6 is 0 Å². The van der Waals surface area contributed by atoms with E-state index < -0.39 is 18.2 Å². The van der Waals surface area contributed by atoms with Crippen LogP contribution < -0.4 is 0 Å². The SMILES string of the molecule is CCOC(=O)C(CC(OCC)OCC)C(C)=O. The number of ether oxygens (including phenoxy) is 3. The van der Waals surface area contributed by atoms with Crippen LogP contribution in [0.2, 0.25) is 0 Å². The predicted octanol–water partition coefficient (Wildman–Crippen LogP) is 1.54. The smallest absolute Gasteiger partial charge is 0.316 e. The normalized spacial score (nSPS) is 12.5. The molecule has 0 saturated carbocycles. The van der Waals surface area contributed by atoms with Gasteiger partial charge in [-0.15, -0.1) is 0 Å². The summed E-state index contributed by atoms with van der Waals surface area (Å²) in [5.41, 5.74) is 0. The summed E-state index contributed by atoms with van der Waals surface area (Å²) in [4.78, 5) is 23.0. The largest absolute Gasteiger partial charge is 0.465 e. The highest BCUT2D eigenvalue weighted by Gasteiger charge is 2.28. The number of esters is 1. The fourth-order valence-electron chi connectivity index (χ4n) is 1.42. The Hall–Kier alpha value is -0.940. The lowest BCUT2D eigenvalue weighted by molar-refractivity contribution is -0.167. The van der Waals surface area contributed by atoms with Crippen molar-refractivity contribution in [3.05, 3.63) is 0 Å². The Bertz CT molecular complexity index is 233. The summed E-state index contributed by atoms with van der Waals surface area (Å²) in [7, 11) is 0. The minimum atomic E-state index is -0.807. The molecule has 5 nitrogen and oxygen atoms in total. The zero-order valence-corrected chi connectivity index (χ0v) is 11.0. The van der Waals surface area contributed by atoms with Crippen molar-refractivity contribution >= 4 is 11.8 Å². The van der Waals surface area contributed by atoms with E-state index in [0.29, 0.717) is 13.2 Å². The molecule has 0 aliphatic heterocycles. The van der Waals surface area contributed by atoms with Crippen LogP contribution in [-0.4, -0.2) is 37.9 Å². The van der Waals surface area contributed by atoms with Gasteiger partial charge in [0.25, 0.3) is 0 Å². The second-order valence-electron chi connectivity index (χ2n) is 3.49. The molecule has 0 N–H and O–H groups in total. The van der Waals surface area contributed by atoms with E-state index in [1.165, 1.54) is 6.92 Å². The van der Waals surface area contributed by atoms with Crippen molar-refractivity contribution in [2.24, 2.45) is 5.92 Å². The molecule has 0 bridgehead atoms. The zero-order chi connectivity index (χ0) is 13.3. The minimum Gasteiger partial charge on any atom is -0.465 e. The van der Waals surface area contributed by atoms with Crippen LogP contribution in [0.4, 0.5) is 0 Å². The molecule has 0 aromatic carbocycles. The van der Waals surface area contributed by atoms with Crippen LogP contribution in [0.5, 0.6) is 0 Å². The average molecular weight is 246 g/mol. The van der Waals surface area contributed by atoms with E-state index in [1.54, 1.807) is 6.92 Å². The van der Waals surface area contributed by atoms with Gasteiger partial charge in [0.15, 0.2) is 6.29 Å². The first-order chi connectivity index (χ1) is 8.06. The number of Topliss-reactive ketones (excluding diaryl/α,β-unsaturated/α-hetero) is 1. The summed E-state index contributed by atoms with van der Waals surface area (Å²) in [5, 5.41) is 0. The summed E-state index contributed by atoms with van der Waals surface area (Å²) in [6.45, 7) is 7.94. The Labute approximate surface area is 102 Å². The first-order valence-corrected chi connectivity index (χ1v) is 5.96. The van der Waals surface area contributed by atoms with E-state index in [0.717, 1.165) is 0 Å². The molecule has 0 heterocycles. The standard InChI is InChI=1S/C12H22O5/c1-5-15-11(16-6-2)8-10(9(4)13)12(14)17-7-3/h10-11H,5-8H2,1-4H3. The number of rotatable bonds is 9. The number of carbonyl (C=O) groups excluding carboxylic acids is 2. The van der Waals surface area contributed by atoms with Gasteiger partial charge < -0.3 is 14.2 Å². The molecular weight excluding hydrogens is 224 g/mol. The van der Waals surface area contributed by atoms with Crippen LogP contribution in [0.1, 0.15) is 34.1 Å². The van der Waals surface area contributed by atoms with Gasteiger partial charge in [0.2, 0.25) is 0 Å². The quantitative estimate of drug-likeness (QED) is 0.351. The van der Waals surface area contributed by atoms with Crippen LogP contribution in [0.3, 0.4) is 0 Å². The van der Waals surface area contributed by atoms with E-state index in [-0.39, 0.29) is 18.8 Å². The molecule has 1 unspecified atom stereocenters. The fraction of sp³-hybridized carbons (Fsp3) is 0.833. The van der Waals surface area contributed by atoms with Gasteiger partial charge in [-0.2, -0.15) is 0 Å². The van der Waals surface area contributed by atoms with Gasteiger partial charge in [0.1, 0.15) is 11.7 Å². The van der Waals surface area contributed by atoms with Gasteiger partial charge in [-0.1, -0.05) is 0 Å². The van der Waals surface area contributed by atoms with E-state index in [9.17, 15) is 9.59 Å². The van der Waals surface area contributed by atoms with Crippen LogP contribution in [0.15, 0.2) is 0 Å². The lowest BCUT2D eigenvalue weighted by atomic mass is 10.0. The number of hydrogen-bond acceptors (Lipinski definition) is 5. The highest BCUT2D eigenvalue weighted by Crippen LogP contribution is 2.14. The maximum Gasteiger partial charge on any atom is 0.316 e. The van der Waals surface area contributed by atoms with E-state index in [1.807, 2.05) is 13.8 Å². The highest BCUT2D eigenvalue weighted by molar-refractivity contribution is 5.97. The van der Waals surface area contributed by atoms with Gasteiger partial charge in [-0.05, 0) is 27.7 Å². The molecule has 0 radical (unpaired) electrons. The summed E-state index contributed by atoms with van der Waals surface area (Å²) in [6.07, 6.45) is -0.334. The second-order valence-corrected chi connectivity index (χ2v) is 3.49. The number of ketones is 1. The molecule has 100 valence electrons.